The molecule has 9 heteroatoms. The average molecular weight is 634 g/mol. The van der Waals surface area contributed by atoms with Crippen LogP contribution in [0, 0.1) is 14.4 Å². The summed E-state index contributed by atoms with van der Waals surface area (Å²) in [6.07, 6.45) is 4.53. The first-order chi connectivity index (χ1) is 16.3. The van der Waals surface area contributed by atoms with Gasteiger partial charge < -0.3 is 22.4 Å². The molecule has 6 nitrogen and oxygen atoms in total. The summed E-state index contributed by atoms with van der Waals surface area (Å²) in [6.45, 7) is 1.68. The molecule has 1 aliphatic heterocycles. The zero-order chi connectivity index (χ0) is 24.3. The van der Waals surface area contributed by atoms with Crippen LogP contribution in [0.1, 0.15) is 31.9 Å². The maximum atomic E-state index is 13.3. The van der Waals surface area contributed by atoms with Crippen LogP contribution < -0.4 is 73.6 Å². The summed E-state index contributed by atoms with van der Waals surface area (Å²) < 4.78 is 33.2. The topological polar surface area (TPSA) is 70.8 Å². The number of hydrogen-bond donors (Lipinski definition) is 2. The number of nitrogens with zero attached hydrogens (tertiary/aromatic N) is 3. The number of halogens is 2. The molecule has 0 aliphatic carbocycles. The van der Waals surface area contributed by atoms with Crippen molar-refractivity contribution in [3.05, 3.63) is 84.9 Å². The fourth-order valence-electron chi connectivity index (χ4n) is 4.17. The normalized spacial score (nSPS) is 15.1. The Balaban J connectivity index is 0.00000228. The third-order valence-electron chi connectivity index (χ3n) is 6.10. The molecule has 0 bridgehead atoms. The minimum absolute atomic E-state index is 0. The van der Waals surface area contributed by atoms with Gasteiger partial charge in [-0.15, -0.1) is 0 Å². The van der Waals surface area contributed by atoms with Crippen molar-refractivity contribution >= 4 is 0 Å². The number of aliphatic hydroxyl groups excluding tert-OH is 1. The Hall–Kier alpha value is -1.02. The second-order valence-corrected chi connectivity index (χ2v) is 8.80. The minimum Gasteiger partial charge on any atom is -0.434 e. The minimum atomic E-state index is -2.95. The van der Waals surface area contributed by atoms with E-state index in [1.54, 1.807) is 23.7 Å². The van der Waals surface area contributed by atoms with Crippen molar-refractivity contribution in [2.24, 2.45) is 0 Å². The van der Waals surface area contributed by atoms with Gasteiger partial charge in [0.15, 0.2) is 0 Å². The van der Waals surface area contributed by atoms with Crippen molar-refractivity contribution in [2.45, 2.75) is 46.5 Å². The van der Waals surface area contributed by atoms with Crippen molar-refractivity contribution in [2.75, 3.05) is 19.7 Å². The van der Waals surface area contributed by atoms with Crippen LogP contribution in [0.4, 0.5) is 8.78 Å². The van der Waals surface area contributed by atoms with Gasteiger partial charge in [0.05, 0.1) is 18.0 Å². The summed E-state index contributed by atoms with van der Waals surface area (Å²) in [4.78, 5) is 2.04. The van der Waals surface area contributed by atoms with Gasteiger partial charge in [0, 0.05) is 37.0 Å². The van der Waals surface area contributed by atoms with E-state index in [1.807, 2.05) is 60.5 Å². The average Bonchev–Trinajstić information content (AvgIpc) is 3.22. The maximum absolute atomic E-state index is 13.3. The van der Waals surface area contributed by atoms with Crippen LogP contribution in [0.25, 0.3) is 16.9 Å². The molecule has 0 amide bonds. The van der Waals surface area contributed by atoms with Crippen molar-refractivity contribution in [1.29, 1.82) is 0 Å². The second-order valence-electron chi connectivity index (χ2n) is 8.80. The van der Waals surface area contributed by atoms with Crippen molar-refractivity contribution in [1.82, 2.24) is 14.7 Å². The predicted octanol–water partition coefficient (Wildman–Crippen LogP) is 2.41. The summed E-state index contributed by atoms with van der Waals surface area (Å²) >= 11 is 0. The van der Waals surface area contributed by atoms with E-state index in [4.69, 9.17) is 4.74 Å². The Morgan fingerprint density at radius 1 is 1.16 bits per heavy atom. The van der Waals surface area contributed by atoms with Gasteiger partial charge >= 0.3 is 75.5 Å². The van der Waals surface area contributed by atoms with Crippen molar-refractivity contribution < 1.29 is 92.6 Å². The van der Waals surface area contributed by atoms with Crippen LogP contribution in [0.15, 0.2) is 66.4 Å². The van der Waals surface area contributed by atoms with Crippen LogP contribution in [-0.4, -0.2) is 56.8 Å². The van der Waals surface area contributed by atoms with E-state index in [2.05, 4.69) is 5.10 Å². The molecular formula is C28H36CsF2N3O3. The van der Waals surface area contributed by atoms with Gasteiger partial charge in [0.25, 0.3) is 0 Å². The van der Waals surface area contributed by atoms with Gasteiger partial charge in [-0.3, -0.25) is 4.90 Å². The summed E-state index contributed by atoms with van der Waals surface area (Å²) in [5, 5.41) is 24.5. The monoisotopic (exact) mass is 633 g/mol. The third-order valence-corrected chi connectivity index (χ3v) is 6.10. The molecule has 196 valence electrons. The Morgan fingerprint density at radius 2 is 1.86 bits per heavy atom. The molecule has 4 rings (SSSR count). The standard InChI is InChI=1S/C26H29F2N3O3.CH4.CH3.Cs/c1-18-14-31(22-8-4-3-5-9-22)29-24(18)19-10-11-20(23(13-19)34-25(27)28)15-30-12-6-7-21(16-30)26(2,33)17-32;;;/h3-5,7-11,13-14,25,32-33H,6,12,15-17H2,1-2H3;1H4;1H3;/q;;-1;+1/t26-;;;/m1.../s1. The molecule has 2 heterocycles. The van der Waals surface area contributed by atoms with Crippen LogP contribution in [-0.2, 0) is 6.54 Å². The summed E-state index contributed by atoms with van der Waals surface area (Å²) in [5.41, 5.74) is 3.23. The van der Waals surface area contributed by atoms with Crippen LogP contribution in [0.5, 0.6) is 5.75 Å². The van der Waals surface area contributed by atoms with E-state index in [0.717, 1.165) is 16.8 Å². The molecule has 0 unspecified atom stereocenters. The van der Waals surface area contributed by atoms with E-state index in [-0.39, 0.29) is 96.1 Å². The molecule has 0 fully saturated rings. The largest absolute Gasteiger partial charge is 1.00 e. The number of aromatic nitrogens is 2. The van der Waals surface area contributed by atoms with Gasteiger partial charge in [-0.05, 0) is 49.6 Å². The predicted molar refractivity (Wildman–Crippen MR) is 139 cm³/mol. The molecule has 0 spiro atoms. The number of rotatable bonds is 8. The van der Waals surface area contributed by atoms with Crippen LogP contribution >= 0.6 is 0 Å². The van der Waals surface area contributed by atoms with Gasteiger partial charge in [0.2, 0.25) is 0 Å². The third kappa shape index (κ3) is 8.48. The molecule has 1 atom stereocenters. The number of hydrogen-bond acceptors (Lipinski definition) is 5. The first-order valence-corrected chi connectivity index (χ1v) is 11.2. The molecule has 0 radical (unpaired) electrons. The molecule has 0 saturated heterocycles. The van der Waals surface area contributed by atoms with Crippen molar-refractivity contribution in [3.63, 3.8) is 0 Å². The Morgan fingerprint density at radius 3 is 2.51 bits per heavy atom. The van der Waals surface area contributed by atoms with E-state index < -0.39 is 12.2 Å². The summed E-state index contributed by atoms with van der Waals surface area (Å²) in [6, 6.07) is 14.9. The van der Waals surface area contributed by atoms with Gasteiger partial charge in [-0.25, -0.2) is 4.68 Å². The zero-order valence-corrected chi connectivity index (χ0v) is 27.6. The van der Waals surface area contributed by atoms with E-state index in [0.29, 0.717) is 42.9 Å². The Bertz CT molecular complexity index is 1170. The number of aryl methyl sites for hydroxylation is 1. The SMILES string of the molecule is C.Cc1cn(-c2ccccc2)nc1-c1ccc(CN2CCC=C([C@](C)(O)CO)C2)c(OC(F)F)c1.[CH3-].[Cs+]. The Labute approximate surface area is 277 Å². The van der Waals surface area contributed by atoms with E-state index in [1.165, 1.54) is 0 Å². The fourth-order valence-corrected chi connectivity index (χ4v) is 4.17. The molecule has 3 aromatic rings. The van der Waals surface area contributed by atoms with Crippen molar-refractivity contribution in [3.8, 4) is 22.7 Å². The number of benzene rings is 2. The van der Waals surface area contributed by atoms with E-state index >= 15 is 0 Å². The summed E-state index contributed by atoms with van der Waals surface area (Å²) in [7, 11) is 0. The first-order valence-electron chi connectivity index (χ1n) is 11.2. The molecule has 1 aliphatic rings. The molecule has 2 aromatic carbocycles. The Kier molecular flexibility index (Phi) is 13.7. The van der Waals surface area contributed by atoms with Gasteiger partial charge in [0.1, 0.15) is 11.4 Å². The van der Waals surface area contributed by atoms with Gasteiger partial charge in [-0.1, -0.05) is 43.8 Å². The quantitative estimate of drug-likeness (QED) is 0.295. The van der Waals surface area contributed by atoms with Crippen LogP contribution in [0.2, 0.25) is 0 Å². The fraction of sp³-hybridized carbons (Fsp3) is 0.357. The maximum Gasteiger partial charge on any atom is 1.00 e. The number of para-hydroxylation sites is 1. The number of aliphatic hydroxyl groups is 2. The van der Waals surface area contributed by atoms with E-state index in [9.17, 15) is 19.0 Å². The van der Waals surface area contributed by atoms with Crippen LogP contribution in [0.3, 0.4) is 0 Å². The molecule has 37 heavy (non-hydrogen) atoms. The molecule has 2 N–H and O–H groups in total. The summed E-state index contributed by atoms with van der Waals surface area (Å²) in [5.74, 6) is 0.103. The number of alkyl halides is 2. The first kappa shape index (κ1) is 34.0. The molecule has 0 saturated carbocycles. The second kappa shape index (κ2) is 14.9. The van der Waals surface area contributed by atoms with Gasteiger partial charge in [-0.2, -0.15) is 13.9 Å². The number of ether oxygens (including phenoxy) is 1. The smallest absolute Gasteiger partial charge is 0.434 e. The molecular weight excluding hydrogens is 597 g/mol. The molecule has 1 aromatic heterocycles. The zero-order valence-electron chi connectivity index (χ0n) is 21.3.